The van der Waals surface area contributed by atoms with Crippen LogP contribution in [0.3, 0.4) is 0 Å². The lowest BCUT2D eigenvalue weighted by Gasteiger charge is -2.00. The van der Waals surface area contributed by atoms with Crippen LogP contribution < -0.4 is 4.74 Å². The fraction of sp³-hybridized carbons (Fsp3) is 0.167. The average Bonchev–Trinajstić information content (AvgIpc) is 2.04. The van der Waals surface area contributed by atoms with E-state index in [1.54, 1.807) is 0 Å². The topological polar surface area (TPSA) is 65.3 Å². The quantitative estimate of drug-likeness (QED) is 0.534. The van der Waals surface area contributed by atoms with Crippen LogP contribution >= 0.6 is 0 Å². The summed E-state index contributed by atoms with van der Waals surface area (Å²) in [6, 6.07) is 0.699. The molecule has 0 radical (unpaired) electrons. The summed E-state index contributed by atoms with van der Waals surface area (Å²) in [6.07, 6.45) is 0.656. The van der Waals surface area contributed by atoms with Gasteiger partial charge in [0.25, 0.3) is 0 Å². The fourth-order valence-electron chi connectivity index (χ4n) is 0.716. The van der Waals surface area contributed by atoms with E-state index in [-0.39, 0.29) is 0 Å². The number of halogens is 2. The van der Waals surface area contributed by atoms with Crippen molar-refractivity contribution in [1.29, 1.82) is 0 Å². The summed E-state index contributed by atoms with van der Waals surface area (Å²) >= 11 is 0. The monoisotopic (exact) mass is 190 g/mol. The third-order valence-corrected chi connectivity index (χ3v) is 1.18. The number of hydrogen-bond donors (Lipinski definition) is 0. The van der Waals surface area contributed by atoms with Crippen molar-refractivity contribution < 1.29 is 18.4 Å². The lowest BCUT2D eigenvalue weighted by molar-refractivity contribution is -0.390. The van der Waals surface area contributed by atoms with E-state index in [1.165, 1.54) is 0 Å². The lowest BCUT2D eigenvalue weighted by atomic mass is 10.4. The van der Waals surface area contributed by atoms with Gasteiger partial charge in [0.05, 0.1) is 0 Å². The van der Waals surface area contributed by atoms with E-state index >= 15 is 0 Å². The molecule has 0 aromatic carbocycles. The van der Waals surface area contributed by atoms with Crippen molar-refractivity contribution in [2.75, 3.05) is 6.86 Å². The second kappa shape index (κ2) is 3.74. The van der Waals surface area contributed by atoms with E-state index in [9.17, 15) is 18.9 Å². The molecule has 1 aromatic rings. The smallest absolute Gasteiger partial charge is 0.406 e. The lowest BCUT2D eigenvalue weighted by Crippen LogP contribution is -1.99. The second-order valence-electron chi connectivity index (χ2n) is 1.99. The minimum absolute atomic E-state index is 0.521. The number of alkyl halides is 1. The summed E-state index contributed by atoms with van der Waals surface area (Å²) < 4.78 is 28.3. The van der Waals surface area contributed by atoms with Crippen LogP contribution in [0, 0.1) is 15.9 Å². The Kier molecular flexibility index (Phi) is 2.68. The Bertz CT molecular complexity index is 332. The summed E-state index contributed by atoms with van der Waals surface area (Å²) in [5.74, 6) is -2.05. The van der Waals surface area contributed by atoms with Crippen molar-refractivity contribution in [3.63, 3.8) is 0 Å². The van der Waals surface area contributed by atoms with Gasteiger partial charge < -0.3 is 14.9 Å². The highest BCUT2D eigenvalue weighted by atomic mass is 19.1. The Labute approximate surface area is 71.1 Å². The van der Waals surface area contributed by atoms with Gasteiger partial charge in [0.1, 0.15) is 0 Å². The first-order valence-electron chi connectivity index (χ1n) is 3.14. The average molecular weight is 190 g/mol. The largest absolute Gasteiger partial charge is 0.454 e. The van der Waals surface area contributed by atoms with Crippen molar-refractivity contribution in [2.45, 2.75) is 0 Å². The number of aromatic nitrogens is 1. The predicted octanol–water partition coefficient (Wildman–Crippen LogP) is 1.43. The van der Waals surface area contributed by atoms with E-state index < -0.39 is 29.2 Å². The maximum absolute atomic E-state index is 12.4. The van der Waals surface area contributed by atoms with Crippen LogP contribution in [-0.2, 0) is 0 Å². The third kappa shape index (κ3) is 2.08. The fourth-order valence-corrected chi connectivity index (χ4v) is 0.716. The molecule has 0 bridgehead atoms. The van der Waals surface area contributed by atoms with Crippen molar-refractivity contribution in [1.82, 2.24) is 4.98 Å². The second-order valence-corrected chi connectivity index (χ2v) is 1.99. The summed E-state index contributed by atoms with van der Waals surface area (Å²) in [5.41, 5.74) is 0. The first-order chi connectivity index (χ1) is 6.15. The highest BCUT2D eigenvalue weighted by Crippen LogP contribution is 2.24. The van der Waals surface area contributed by atoms with E-state index in [4.69, 9.17) is 0 Å². The van der Waals surface area contributed by atoms with E-state index in [2.05, 4.69) is 9.72 Å². The van der Waals surface area contributed by atoms with Gasteiger partial charge in [-0.05, 0) is 9.91 Å². The van der Waals surface area contributed by atoms with Crippen LogP contribution in [0.15, 0.2) is 12.3 Å². The van der Waals surface area contributed by atoms with Gasteiger partial charge in [-0.15, -0.1) is 0 Å². The van der Waals surface area contributed by atoms with Crippen LogP contribution in [0.25, 0.3) is 0 Å². The predicted molar refractivity (Wildman–Crippen MR) is 37.5 cm³/mol. The van der Waals surface area contributed by atoms with Crippen LogP contribution in [0.1, 0.15) is 0 Å². The van der Waals surface area contributed by atoms with Gasteiger partial charge in [0, 0.05) is 6.07 Å². The molecule has 1 rings (SSSR count). The first kappa shape index (κ1) is 9.30. The molecular formula is C6H4F2N2O3. The zero-order chi connectivity index (χ0) is 9.84. The van der Waals surface area contributed by atoms with Crippen molar-refractivity contribution >= 4 is 5.82 Å². The van der Waals surface area contributed by atoms with Crippen molar-refractivity contribution in [3.8, 4) is 5.75 Å². The Hall–Kier alpha value is -1.79. The number of nitro groups is 1. The standard InChI is InChI=1S/C6H4F2N2O3/c7-3-13-5-1-4(8)2-9-6(5)10(11)12/h1-2H,3H2. The van der Waals surface area contributed by atoms with E-state index in [0.717, 1.165) is 0 Å². The molecule has 7 heteroatoms. The molecule has 0 amide bonds. The summed E-state index contributed by atoms with van der Waals surface area (Å²) in [6.45, 7) is -1.27. The molecule has 70 valence electrons. The molecule has 0 fully saturated rings. The zero-order valence-corrected chi connectivity index (χ0v) is 6.24. The molecule has 5 nitrogen and oxygen atoms in total. The molecule has 0 N–H and O–H groups in total. The molecule has 0 spiro atoms. The Balaban J connectivity index is 3.10. The van der Waals surface area contributed by atoms with Gasteiger partial charge in [0.2, 0.25) is 12.6 Å². The number of rotatable bonds is 3. The SMILES string of the molecule is O=[N+]([O-])c1ncc(F)cc1OCF. The van der Waals surface area contributed by atoms with Gasteiger partial charge in [-0.2, -0.15) is 0 Å². The van der Waals surface area contributed by atoms with Gasteiger partial charge in [-0.25, -0.2) is 8.78 Å². The Morgan fingerprint density at radius 1 is 1.69 bits per heavy atom. The molecule has 0 aliphatic heterocycles. The highest BCUT2D eigenvalue weighted by molar-refractivity contribution is 5.38. The molecule has 0 aliphatic rings. The molecule has 1 aromatic heterocycles. The molecule has 13 heavy (non-hydrogen) atoms. The molecule has 0 aliphatic carbocycles. The van der Waals surface area contributed by atoms with Gasteiger partial charge in [-0.3, -0.25) is 0 Å². The van der Waals surface area contributed by atoms with Gasteiger partial charge >= 0.3 is 5.82 Å². The minimum Gasteiger partial charge on any atom is -0.454 e. The molecular weight excluding hydrogens is 186 g/mol. The summed E-state index contributed by atoms with van der Waals surface area (Å²) in [5, 5.41) is 10.2. The molecule has 0 saturated heterocycles. The van der Waals surface area contributed by atoms with Gasteiger partial charge in [-0.1, -0.05) is 0 Å². The third-order valence-electron chi connectivity index (χ3n) is 1.18. The number of hydrogen-bond acceptors (Lipinski definition) is 4. The maximum Gasteiger partial charge on any atom is 0.406 e. The van der Waals surface area contributed by atoms with Crippen LogP contribution in [0.5, 0.6) is 5.75 Å². The van der Waals surface area contributed by atoms with Crippen LogP contribution in [-0.4, -0.2) is 16.8 Å². The Morgan fingerprint density at radius 3 is 2.92 bits per heavy atom. The Morgan fingerprint density at radius 2 is 2.38 bits per heavy atom. The van der Waals surface area contributed by atoms with Crippen LogP contribution in [0.2, 0.25) is 0 Å². The maximum atomic E-state index is 12.4. The molecule has 0 unspecified atom stereocenters. The van der Waals surface area contributed by atoms with Crippen molar-refractivity contribution in [3.05, 3.63) is 28.2 Å². The number of ether oxygens (including phenoxy) is 1. The minimum atomic E-state index is -1.27. The van der Waals surface area contributed by atoms with E-state index in [0.29, 0.717) is 12.3 Å². The number of nitrogens with zero attached hydrogens (tertiary/aromatic N) is 2. The normalized spacial score (nSPS) is 9.69. The van der Waals surface area contributed by atoms with E-state index in [1.807, 2.05) is 0 Å². The van der Waals surface area contributed by atoms with Crippen LogP contribution in [0.4, 0.5) is 14.6 Å². The summed E-state index contributed by atoms with van der Waals surface area (Å²) in [4.78, 5) is 12.5. The van der Waals surface area contributed by atoms with Crippen molar-refractivity contribution in [2.24, 2.45) is 0 Å². The van der Waals surface area contributed by atoms with Gasteiger partial charge in [0.15, 0.2) is 12.0 Å². The summed E-state index contributed by atoms with van der Waals surface area (Å²) in [7, 11) is 0. The number of pyridine rings is 1. The first-order valence-corrected chi connectivity index (χ1v) is 3.14. The highest BCUT2D eigenvalue weighted by Gasteiger charge is 2.17. The molecule has 0 saturated carbocycles. The zero-order valence-electron chi connectivity index (χ0n) is 6.24. The molecule has 1 heterocycles. The molecule has 0 atom stereocenters.